The zero-order valence-corrected chi connectivity index (χ0v) is 14.2. The SMILES string of the molecule is NC(CC(=O)NCCCS(=O)(=O)c1ccccc1)c1ccccc1. The first-order chi connectivity index (χ1) is 11.5. The first-order valence-electron chi connectivity index (χ1n) is 7.84. The van der Waals surface area contributed by atoms with Crippen molar-refractivity contribution < 1.29 is 13.2 Å². The number of carbonyl (C=O) groups excluding carboxylic acids is 1. The highest BCUT2D eigenvalue weighted by Gasteiger charge is 2.14. The van der Waals surface area contributed by atoms with E-state index in [2.05, 4.69) is 5.32 Å². The predicted molar refractivity (Wildman–Crippen MR) is 94.1 cm³/mol. The Balaban J connectivity index is 1.73. The molecule has 3 N–H and O–H groups in total. The van der Waals surface area contributed by atoms with Crippen LogP contribution in [-0.4, -0.2) is 26.6 Å². The number of sulfone groups is 1. The van der Waals surface area contributed by atoms with E-state index in [1.807, 2.05) is 30.3 Å². The molecule has 0 heterocycles. The van der Waals surface area contributed by atoms with Crippen LogP contribution in [0.1, 0.15) is 24.4 Å². The van der Waals surface area contributed by atoms with Crippen LogP contribution in [0.3, 0.4) is 0 Å². The fraction of sp³-hybridized carbons (Fsp3) is 0.278. The molecule has 2 aromatic carbocycles. The Morgan fingerprint density at radius 2 is 1.58 bits per heavy atom. The van der Waals surface area contributed by atoms with E-state index in [9.17, 15) is 13.2 Å². The first kappa shape index (κ1) is 18.2. The Morgan fingerprint density at radius 3 is 2.21 bits per heavy atom. The normalized spacial score (nSPS) is 12.5. The molecular formula is C18H22N2O3S. The highest BCUT2D eigenvalue weighted by molar-refractivity contribution is 7.91. The smallest absolute Gasteiger partial charge is 0.221 e. The Labute approximate surface area is 142 Å². The average molecular weight is 346 g/mol. The van der Waals surface area contributed by atoms with Crippen LogP contribution in [0.15, 0.2) is 65.6 Å². The van der Waals surface area contributed by atoms with E-state index in [1.165, 1.54) is 0 Å². The fourth-order valence-electron chi connectivity index (χ4n) is 2.33. The molecule has 0 fully saturated rings. The highest BCUT2D eigenvalue weighted by atomic mass is 32.2. The monoisotopic (exact) mass is 346 g/mol. The van der Waals surface area contributed by atoms with Gasteiger partial charge in [-0.15, -0.1) is 0 Å². The summed E-state index contributed by atoms with van der Waals surface area (Å²) in [5, 5.41) is 2.72. The zero-order chi connectivity index (χ0) is 17.4. The molecule has 1 atom stereocenters. The molecule has 6 heteroatoms. The minimum absolute atomic E-state index is 0.00202. The van der Waals surface area contributed by atoms with E-state index in [-0.39, 0.29) is 24.1 Å². The Bertz CT molecular complexity index is 746. The summed E-state index contributed by atoms with van der Waals surface area (Å²) in [6.07, 6.45) is 0.541. The third-order valence-electron chi connectivity index (χ3n) is 3.65. The minimum atomic E-state index is -3.30. The van der Waals surface area contributed by atoms with Gasteiger partial charge in [0.1, 0.15) is 0 Å². The number of nitrogens with two attached hydrogens (primary N) is 1. The molecule has 0 aliphatic rings. The van der Waals surface area contributed by atoms with Gasteiger partial charge in [0.05, 0.1) is 10.6 Å². The molecule has 0 radical (unpaired) electrons. The third-order valence-corrected chi connectivity index (χ3v) is 5.46. The van der Waals surface area contributed by atoms with Gasteiger partial charge >= 0.3 is 0 Å². The maximum absolute atomic E-state index is 12.1. The molecule has 0 bridgehead atoms. The standard InChI is InChI=1S/C18H22N2O3S/c19-17(15-8-3-1-4-9-15)14-18(21)20-12-7-13-24(22,23)16-10-5-2-6-11-16/h1-6,8-11,17H,7,12-14,19H2,(H,20,21). The molecule has 2 aromatic rings. The summed E-state index contributed by atoms with van der Waals surface area (Å²) in [4.78, 5) is 12.2. The van der Waals surface area contributed by atoms with Crippen molar-refractivity contribution in [3.8, 4) is 0 Å². The molecule has 0 spiro atoms. The van der Waals surface area contributed by atoms with Crippen LogP contribution in [0.2, 0.25) is 0 Å². The average Bonchev–Trinajstić information content (AvgIpc) is 2.60. The maximum atomic E-state index is 12.1. The van der Waals surface area contributed by atoms with E-state index in [4.69, 9.17) is 5.73 Å². The van der Waals surface area contributed by atoms with E-state index in [0.717, 1.165) is 5.56 Å². The maximum Gasteiger partial charge on any atom is 0.221 e. The van der Waals surface area contributed by atoms with Gasteiger partial charge in [-0.2, -0.15) is 0 Å². The first-order valence-corrected chi connectivity index (χ1v) is 9.49. The number of hydrogen-bond acceptors (Lipinski definition) is 4. The van der Waals surface area contributed by atoms with Gasteiger partial charge in [-0.05, 0) is 24.1 Å². The number of amides is 1. The van der Waals surface area contributed by atoms with E-state index >= 15 is 0 Å². The van der Waals surface area contributed by atoms with Gasteiger partial charge in [0.2, 0.25) is 5.91 Å². The van der Waals surface area contributed by atoms with E-state index < -0.39 is 9.84 Å². The van der Waals surface area contributed by atoms with Crippen molar-refractivity contribution in [2.45, 2.75) is 23.8 Å². The Kier molecular flexibility index (Phi) is 6.52. The topological polar surface area (TPSA) is 89.3 Å². The summed E-state index contributed by atoms with van der Waals surface area (Å²) >= 11 is 0. The lowest BCUT2D eigenvalue weighted by Gasteiger charge is -2.12. The van der Waals surface area contributed by atoms with Crippen molar-refractivity contribution in [1.29, 1.82) is 0 Å². The van der Waals surface area contributed by atoms with Gasteiger partial charge < -0.3 is 11.1 Å². The minimum Gasteiger partial charge on any atom is -0.356 e. The highest BCUT2D eigenvalue weighted by Crippen LogP contribution is 2.13. The van der Waals surface area contributed by atoms with Crippen LogP contribution in [0.5, 0.6) is 0 Å². The van der Waals surface area contributed by atoms with Gasteiger partial charge in [0.15, 0.2) is 9.84 Å². The molecule has 5 nitrogen and oxygen atoms in total. The number of hydrogen-bond donors (Lipinski definition) is 2. The largest absolute Gasteiger partial charge is 0.356 e. The molecule has 1 amide bonds. The van der Waals surface area contributed by atoms with Crippen molar-refractivity contribution in [3.63, 3.8) is 0 Å². The summed E-state index contributed by atoms with van der Waals surface area (Å²) in [6, 6.07) is 17.4. The zero-order valence-electron chi connectivity index (χ0n) is 13.4. The molecule has 24 heavy (non-hydrogen) atoms. The van der Waals surface area contributed by atoms with Gasteiger partial charge in [-0.1, -0.05) is 48.5 Å². The third kappa shape index (κ3) is 5.47. The number of benzene rings is 2. The molecule has 1 unspecified atom stereocenters. The molecule has 0 saturated carbocycles. The number of carbonyl (C=O) groups is 1. The Morgan fingerprint density at radius 1 is 1.00 bits per heavy atom. The van der Waals surface area contributed by atoms with Gasteiger partial charge in [-0.3, -0.25) is 4.79 Å². The van der Waals surface area contributed by atoms with Crippen molar-refractivity contribution in [2.75, 3.05) is 12.3 Å². The van der Waals surface area contributed by atoms with Crippen molar-refractivity contribution >= 4 is 15.7 Å². The van der Waals surface area contributed by atoms with Crippen LogP contribution < -0.4 is 11.1 Å². The summed E-state index contributed by atoms with van der Waals surface area (Å²) < 4.78 is 24.2. The lowest BCUT2D eigenvalue weighted by molar-refractivity contribution is -0.121. The summed E-state index contributed by atoms with van der Waals surface area (Å²) in [7, 11) is -3.30. The van der Waals surface area contributed by atoms with Crippen molar-refractivity contribution in [2.24, 2.45) is 5.73 Å². The Hall–Kier alpha value is -2.18. The fourth-order valence-corrected chi connectivity index (χ4v) is 3.66. The summed E-state index contributed by atoms with van der Waals surface area (Å²) in [5.74, 6) is -0.175. The van der Waals surface area contributed by atoms with Crippen LogP contribution in [-0.2, 0) is 14.6 Å². The lowest BCUT2D eigenvalue weighted by atomic mass is 10.0. The second-order valence-corrected chi connectivity index (χ2v) is 7.67. The molecule has 0 aromatic heterocycles. The summed E-state index contributed by atoms with van der Waals surface area (Å²) in [6.45, 7) is 0.312. The quantitative estimate of drug-likeness (QED) is 0.716. The van der Waals surface area contributed by atoms with Gasteiger partial charge in [-0.25, -0.2) is 8.42 Å². The van der Waals surface area contributed by atoms with Gasteiger partial charge in [0.25, 0.3) is 0 Å². The van der Waals surface area contributed by atoms with Crippen LogP contribution >= 0.6 is 0 Å². The molecule has 128 valence electrons. The van der Waals surface area contributed by atoms with Crippen molar-refractivity contribution in [3.05, 3.63) is 66.2 Å². The summed E-state index contributed by atoms with van der Waals surface area (Å²) in [5.41, 5.74) is 6.89. The molecule has 0 saturated heterocycles. The molecular weight excluding hydrogens is 324 g/mol. The molecule has 0 aliphatic carbocycles. The van der Waals surface area contributed by atoms with Crippen LogP contribution in [0.4, 0.5) is 0 Å². The van der Waals surface area contributed by atoms with Crippen LogP contribution in [0.25, 0.3) is 0 Å². The van der Waals surface area contributed by atoms with Crippen LogP contribution in [0, 0.1) is 0 Å². The molecule has 2 rings (SSSR count). The van der Waals surface area contributed by atoms with Gasteiger partial charge in [0, 0.05) is 19.0 Å². The number of nitrogens with one attached hydrogen (secondary N) is 1. The lowest BCUT2D eigenvalue weighted by Crippen LogP contribution is -2.29. The predicted octanol–water partition coefficient (Wildman–Crippen LogP) is 2.06. The molecule has 0 aliphatic heterocycles. The van der Waals surface area contributed by atoms with E-state index in [1.54, 1.807) is 30.3 Å². The van der Waals surface area contributed by atoms with E-state index in [0.29, 0.717) is 17.9 Å². The second kappa shape index (κ2) is 8.61. The number of rotatable bonds is 8. The second-order valence-electron chi connectivity index (χ2n) is 5.56. The van der Waals surface area contributed by atoms with Crippen molar-refractivity contribution in [1.82, 2.24) is 5.32 Å².